The highest BCUT2D eigenvalue weighted by Gasteiger charge is 2.24. The Bertz CT molecular complexity index is 521. The van der Waals surface area contributed by atoms with Crippen LogP contribution >= 0.6 is 0 Å². The zero-order valence-corrected chi connectivity index (χ0v) is 13.1. The van der Waals surface area contributed by atoms with Gasteiger partial charge in [0, 0.05) is 50.0 Å². The van der Waals surface area contributed by atoms with Crippen LogP contribution in [-0.4, -0.2) is 54.5 Å². The molecule has 114 valence electrons. The fraction of sp³-hybridized carbons (Fsp3) is 0.588. The van der Waals surface area contributed by atoms with E-state index in [2.05, 4.69) is 30.1 Å². The van der Waals surface area contributed by atoms with Gasteiger partial charge in [-0.1, -0.05) is 13.0 Å². The summed E-state index contributed by atoms with van der Waals surface area (Å²) in [6.07, 6.45) is 2.24. The number of piperazine rings is 1. The van der Waals surface area contributed by atoms with Crippen molar-refractivity contribution in [2.24, 2.45) is 0 Å². The summed E-state index contributed by atoms with van der Waals surface area (Å²) in [4.78, 5) is 17.1. The van der Waals surface area contributed by atoms with Crippen molar-refractivity contribution in [3.8, 4) is 0 Å². The van der Waals surface area contributed by atoms with Crippen LogP contribution in [0, 0.1) is 0 Å². The van der Waals surface area contributed by atoms with Gasteiger partial charge in [-0.05, 0) is 37.5 Å². The van der Waals surface area contributed by atoms with Crippen molar-refractivity contribution in [2.75, 3.05) is 38.0 Å². The molecule has 1 aromatic carbocycles. The van der Waals surface area contributed by atoms with Crippen molar-refractivity contribution < 1.29 is 4.79 Å². The highest BCUT2D eigenvalue weighted by Crippen LogP contribution is 2.24. The smallest absolute Gasteiger partial charge is 0.254 e. The second-order valence-corrected chi connectivity index (χ2v) is 6.13. The van der Waals surface area contributed by atoms with Gasteiger partial charge in [-0.25, -0.2) is 0 Å². The van der Waals surface area contributed by atoms with E-state index in [0.717, 1.165) is 50.4 Å². The summed E-state index contributed by atoms with van der Waals surface area (Å²) < 4.78 is 0. The molecule has 4 nitrogen and oxygen atoms in total. The highest BCUT2D eigenvalue weighted by molar-refractivity contribution is 5.95. The second-order valence-electron chi connectivity index (χ2n) is 6.13. The van der Waals surface area contributed by atoms with E-state index in [-0.39, 0.29) is 5.91 Å². The number of anilines is 1. The number of hydrogen-bond acceptors (Lipinski definition) is 3. The molecule has 1 amide bonds. The van der Waals surface area contributed by atoms with Crippen molar-refractivity contribution in [3.05, 3.63) is 29.3 Å². The molecule has 3 rings (SSSR count). The largest absolute Gasteiger partial charge is 0.384 e. The molecule has 4 heteroatoms. The molecule has 0 aliphatic carbocycles. The molecule has 0 aromatic heterocycles. The quantitative estimate of drug-likeness (QED) is 0.926. The average Bonchev–Trinajstić information content (AvgIpc) is 3.01. The summed E-state index contributed by atoms with van der Waals surface area (Å²) in [7, 11) is 0. The Hall–Kier alpha value is -1.55. The monoisotopic (exact) mass is 287 g/mol. The first kappa shape index (κ1) is 14.4. The number of nitrogens with zero attached hydrogens (tertiary/aromatic N) is 2. The van der Waals surface area contributed by atoms with Gasteiger partial charge in [-0.2, -0.15) is 0 Å². The lowest BCUT2D eigenvalue weighted by Crippen LogP contribution is -2.51. The maximum absolute atomic E-state index is 12.6. The topological polar surface area (TPSA) is 35.6 Å². The standard InChI is InChI=1S/C17H25N3O/c1-3-13(2)19-8-10-20(11-9-19)17(21)15-5-4-14-6-7-18-16(14)12-15/h4-5,12-13,18H,3,6-11H2,1-2H3. The van der Waals surface area contributed by atoms with Crippen molar-refractivity contribution in [3.63, 3.8) is 0 Å². The predicted octanol–water partition coefficient (Wildman–Crippen LogP) is 2.21. The minimum absolute atomic E-state index is 0.176. The molecule has 1 fully saturated rings. The van der Waals surface area contributed by atoms with Crippen molar-refractivity contribution in [1.29, 1.82) is 0 Å². The Morgan fingerprint density at radius 1 is 1.29 bits per heavy atom. The third kappa shape index (κ3) is 2.91. The summed E-state index contributed by atoms with van der Waals surface area (Å²) in [5.41, 5.74) is 3.28. The summed E-state index contributed by atoms with van der Waals surface area (Å²) in [6, 6.07) is 6.71. The second kappa shape index (κ2) is 6.06. The first-order valence-corrected chi connectivity index (χ1v) is 8.09. The van der Waals surface area contributed by atoms with Crippen LogP contribution < -0.4 is 5.32 Å². The Morgan fingerprint density at radius 3 is 2.76 bits per heavy atom. The lowest BCUT2D eigenvalue weighted by atomic mass is 10.1. The van der Waals surface area contributed by atoms with Crippen LogP contribution in [0.3, 0.4) is 0 Å². The zero-order valence-electron chi connectivity index (χ0n) is 13.1. The average molecular weight is 287 g/mol. The number of nitrogens with one attached hydrogen (secondary N) is 1. The number of carbonyl (C=O) groups is 1. The Labute approximate surface area is 127 Å². The molecule has 2 aliphatic rings. The summed E-state index contributed by atoms with van der Waals surface area (Å²) >= 11 is 0. The lowest BCUT2D eigenvalue weighted by molar-refractivity contribution is 0.0580. The van der Waals surface area contributed by atoms with Crippen LogP contribution in [0.4, 0.5) is 5.69 Å². The van der Waals surface area contributed by atoms with E-state index < -0.39 is 0 Å². The van der Waals surface area contributed by atoms with Crippen LogP contribution in [0.15, 0.2) is 18.2 Å². The molecule has 1 saturated heterocycles. The number of hydrogen-bond donors (Lipinski definition) is 1. The fourth-order valence-corrected chi connectivity index (χ4v) is 3.23. The molecular formula is C17H25N3O. The van der Waals surface area contributed by atoms with Gasteiger partial charge < -0.3 is 10.2 Å². The number of carbonyl (C=O) groups excluding carboxylic acids is 1. The van der Waals surface area contributed by atoms with Crippen molar-refractivity contribution in [2.45, 2.75) is 32.7 Å². The van der Waals surface area contributed by atoms with Crippen molar-refractivity contribution in [1.82, 2.24) is 9.80 Å². The Morgan fingerprint density at radius 2 is 2.05 bits per heavy atom. The van der Waals surface area contributed by atoms with Crippen LogP contribution in [0.25, 0.3) is 0 Å². The third-order valence-electron chi connectivity index (χ3n) is 4.88. The minimum Gasteiger partial charge on any atom is -0.384 e. The number of rotatable bonds is 3. The van der Waals surface area contributed by atoms with E-state index in [1.54, 1.807) is 0 Å². The van der Waals surface area contributed by atoms with Crippen LogP contribution in [-0.2, 0) is 6.42 Å². The molecule has 2 heterocycles. The molecule has 0 spiro atoms. The molecule has 1 unspecified atom stereocenters. The number of benzene rings is 1. The molecule has 0 bridgehead atoms. The molecule has 1 N–H and O–H groups in total. The van der Waals surface area contributed by atoms with Crippen LogP contribution in [0.5, 0.6) is 0 Å². The van der Waals surface area contributed by atoms with Gasteiger partial charge in [0.05, 0.1) is 0 Å². The summed E-state index contributed by atoms with van der Waals surface area (Å²) in [5, 5.41) is 3.35. The van der Waals surface area contributed by atoms with Gasteiger partial charge in [0.25, 0.3) is 5.91 Å². The zero-order chi connectivity index (χ0) is 14.8. The van der Waals surface area contributed by atoms with E-state index in [1.165, 1.54) is 12.0 Å². The molecule has 0 radical (unpaired) electrons. The maximum atomic E-state index is 12.6. The van der Waals surface area contributed by atoms with Crippen LogP contribution in [0.2, 0.25) is 0 Å². The lowest BCUT2D eigenvalue weighted by Gasteiger charge is -2.37. The van der Waals surface area contributed by atoms with Gasteiger partial charge in [-0.3, -0.25) is 9.69 Å². The maximum Gasteiger partial charge on any atom is 0.254 e. The molecule has 0 saturated carbocycles. The van der Waals surface area contributed by atoms with Gasteiger partial charge in [0.1, 0.15) is 0 Å². The van der Waals surface area contributed by atoms with E-state index >= 15 is 0 Å². The van der Waals surface area contributed by atoms with E-state index in [0.29, 0.717) is 6.04 Å². The summed E-state index contributed by atoms with van der Waals surface area (Å²) in [6.45, 7) is 9.14. The van der Waals surface area contributed by atoms with Gasteiger partial charge in [0.15, 0.2) is 0 Å². The predicted molar refractivity (Wildman–Crippen MR) is 85.9 cm³/mol. The summed E-state index contributed by atoms with van der Waals surface area (Å²) in [5.74, 6) is 0.176. The highest BCUT2D eigenvalue weighted by atomic mass is 16.2. The van der Waals surface area contributed by atoms with E-state index in [4.69, 9.17) is 0 Å². The molecule has 2 aliphatic heterocycles. The normalized spacial score (nSPS) is 20.0. The molecule has 1 aromatic rings. The van der Waals surface area contributed by atoms with Crippen molar-refractivity contribution >= 4 is 11.6 Å². The third-order valence-corrected chi connectivity index (χ3v) is 4.88. The number of fused-ring (bicyclic) bond motifs is 1. The van der Waals surface area contributed by atoms with E-state index in [1.807, 2.05) is 17.0 Å². The number of amides is 1. The first-order chi connectivity index (χ1) is 10.2. The van der Waals surface area contributed by atoms with Gasteiger partial charge >= 0.3 is 0 Å². The molecule has 1 atom stereocenters. The minimum atomic E-state index is 0.176. The van der Waals surface area contributed by atoms with Gasteiger partial charge in [0.2, 0.25) is 0 Å². The fourth-order valence-electron chi connectivity index (χ4n) is 3.23. The molecular weight excluding hydrogens is 262 g/mol. The first-order valence-electron chi connectivity index (χ1n) is 8.09. The Kier molecular flexibility index (Phi) is 4.15. The van der Waals surface area contributed by atoms with Gasteiger partial charge in [-0.15, -0.1) is 0 Å². The van der Waals surface area contributed by atoms with Crippen LogP contribution in [0.1, 0.15) is 36.2 Å². The van der Waals surface area contributed by atoms with E-state index in [9.17, 15) is 4.79 Å². The Balaban J connectivity index is 1.64. The SMILES string of the molecule is CCC(C)N1CCN(C(=O)c2ccc3c(c2)NCC3)CC1. The molecule has 21 heavy (non-hydrogen) atoms.